The summed E-state index contributed by atoms with van der Waals surface area (Å²) in [5.74, 6) is -0.243. The van der Waals surface area contributed by atoms with Gasteiger partial charge in [0.1, 0.15) is 0 Å². The first-order chi connectivity index (χ1) is 7.66. The van der Waals surface area contributed by atoms with Crippen LogP contribution in [-0.4, -0.2) is 19.0 Å². The Morgan fingerprint density at radius 3 is 2.44 bits per heavy atom. The number of nitrogens with two attached hydrogens (primary N) is 1. The molecule has 1 amide bonds. The molecule has 0 heterocycles. The Bertz CT molecular complexity index is 349. The summed E-state index contributed by atoms with van der Waals surface area (Å²) >= 11 is 11.8. The SMILES string of the molecule is NCCCCNC(=O)c1c(Cl)cccc1Cl. The Balaban J connectivity index is 2.59. The monoisotopic (exact) mass is 260 g/mol. The topological polar surface area (TPSA) is 55.1 Å². The van der Waals surface area contributed by atoms with Gasteiger partial charge in [0.25, 0.3) is 5.91 Å². The zero-order valence-electron chi connectivity index (χ0n) is 8.80. The van der Waals surface area contributed by atoms with Crippen LogP contribution >= 0.6 is 23.2 Å². The predicted molar refractivity (Wildman–Crippen MR) is 67.1 cm³/mol. The Kier molecular flexibility index (Phi) is 5.60. The van der Waals surface area contributed by atoms with Crippen LogP contribution in [0.25, 0.3) is 0 Å². The lowest BCUT2D eigenvalue weighted by atomic mass is 10.2. The summed E-state index contributed by atoms with van der Waals surface area (Å²) in [6.45, 7) is 1.21. The molecule has 0 radical (unpaired) electrons. The van der Waals surface area contributed by atoms with Gasteiger partial charge in [-0.25, -0.2) is 0 Å². The summed E-state index contributed by atoms with van der Waals surface area (Å²) in [5.41, 5.74) is 5.68. The molecule has 0 saturated carbocycles. The van der Waals surface area contributed by atoms with E-state index in [0.29, 0.717) is 28.7 Å². The molecule has 0 aliphatic rings. The zero-order valence-corrected chi connectivity index (χ0v) is 10.3. The molecule has 0 bridgehead atoms. The van der Waals surface area contributed by atoms with Gasteiger partial charge in [-0.15, -0.1) is 0 Å². The number of amides is 1. The lowest BCUT2D eigenvalue weighted by Crippen LogP contribution is -2.25. The van der Waals surface area contributed by atoms with E-state index in [9.17, 15) is 4.79 Å². The van der Waals surface area contributed by atoms with Gasteiger partial charge >= 0.3 is 0 Å². The Hall–Kier alpha value is -0.770. The fraction of sp³-hybridized carbons (Fsp3) is 0.364. The molecule has 0 fully saturated rings. The van der Waals surface area contributed by atoms with Crippen molar-refractivity contribution in [2.45, 2.75) is 12.8 Å². The third kappa shape index (κ3) is 3.67. The highest BCUT2D eigenvalue weighted by molar-refractivity contribution is 6.39. The fourth-order valence-corrected chi connectivity index (χ4v) is 1.84. The molecule has 0 aliphatic carbocycles. The van der Waals surface area contributed by atoms with Crippen molar-refractivity contribution in [3.05, 3.63) is 33.8 Å². The summed E-state index contributed by atoms with van der Waals surface area (Å²) in [6, 6.07) is 4.99. The highest BCUT2D eigenvalue weighted by Gasteiger charge is 2.13. The number of nitrogens with one attached hydrogen (secondary N) is 1. The molecular weight excluding hydrogens is 247 g/mol. The van der Waals surface area contributed by atoms with Gasteiger partial charge in [-0.3, -0.25) is 4.79 Å². The van der Waals surface area contributed by atoms with Crippen LogP contribution in [0.4, 0.5) is 0 Å². The van der Waals surface area contributed by atoms with E-state index in [1.807, 2.05) is 0 Å². The van der Waals surface area contributed by atoms with Crippen LogP contribution < -0.4 is 11.1 Å². The summed E-state index contributed by atoms with van der Waals surface area (Å²) in [4.78, 5) is 11.7. The molecule has 3 nitrogen and oxygen atoms in total. The van der Waals surface area contributed by atoms with E-state index < -0.39 is 0 Å². The lowest BCUT2D eigenvalue weighted by Gasteiger charge is -2.07. The van der Waals surface area contributed by atoms with E-state index in [2.05, 4.69) is 5.32 Å². The second-order valence-corrected chi connectivity index (χ2v) is 4.16. The molecule has 3 N–H and O–H groups in total. The minimum atomic E-state index is -0.243. The number of hydrogen-bond acceptors (Lipinski definition) is 2. The first-order valence-electron chi connectivity index (χ1n) is 5.09. The van der Waals surface area contributed by atoms with E-state index in [1.54, 1.807) is 18.2 Å². The average molecular weight is 261 g/mol. The van der Waals surface area contributed by atoms with Gasteiger partial charge in [-0.05, 0) is 31.5 Å². The van der Waals surface area contributed by atoms with E-state index in [1.165, 1.54) is 0 Å². The number of benzene rings is 1. The quantitative estimate of drug-likeness (QED) is 0.800. The molecule has 0 aliphatic heterocycles. The van der Waals surface area contributed by atoms with Crippen molar-refractivity contribution in [1.29, 1.82) is 0 Å². The maximum absolute atomic E-state index is 11.7. The molecule has 1 rings (SSSR count). The lowest BCUT2D eigenvalue weighted by molar-refractivity contribution is 0.0953. The number of halogens is 2. The average Bonchev–Trinajstić information content (AvgIpc) is 2.24. The third-order valence-electron chi connectivity index (χ3n) is 2.11. The van der Waals surface area contributed by atoms with Crippen molar-refractivity contribution in [2.24, 2.45) is 5.73 Å². The van der Waals surface area contributed by atoms with E-state index in [-0.39, 0.29) is 5.91 Å². The zero-order chi connectivity index (χ0) is 12.0. The van der Waals surface area contributed by atoms with Crippen molar-refractivity contribution in [3.63, 3.8) is 0 Å². The minimum absolute atomic E-state index is 0.243. The number of rotatable bonds is 5. The van der Waals surface area contributed by atoms with Crippen LogP contribution in [0.5, 0.6) is 0 Å². The van der Waals surface area contributed by atoms with E-state index in [4.69, 9.17) is 28.9 Å². The number of carbonyl (C=O) groups excluding carboxylic acids is 1. The van der Waals surface area contributed by atoms with Crippen molar-refractivity contribution in [3.8, 4) is 0 Å². The van der Waals surface area contributed by atoms with E-state index >= 15 is 0 Å². The van der Waals surface area contributed by atoms with Gasteiger partial charge in [0, 0.05) is 6.54 Å². The van der Waals surface area contributed by atoms with Gasteiger partial charge in [0.2, 0.25) is 0 Å². The van der Waals surface area contributed by atoms with Crippen LogP contribution in [0.2, 0.25) is 10.0 Å². The molecule has 16 heavy (non-hydrogen) atoms. The number of unbranched alkanes of at least 4 members (excludes halogenated alkanes) is 1. The summed E-state index contributed by atoms with van der Waals surface area (Å²) in [6.07, 6.45) is 1.74. The van der Waals surface area contributed by atoms with Gasteiger partial charge in [0.15, 0.2) is 0 Å². The smallest absolute Gasteiger partial charge is 0.254 e. The second kappa shape index (κ2) is 6.74. The molecule has 5 heteroatoms. The Labute approximate surface area is 105 Å². The second-order valence-electron chi connectivity index (χ2n) is 3.35. The number of hydrogen-bond donors (Lipinski definition) is 2. The normalized spacial score (nSPS) is 10.2. The van der Waals surface area contributed by atoms with Gasteiger partial charge < -0.3 is 11.1 Å². The molecule has 0 aromatic heterocycles. The molecule has 0 saturated heterocycles. The molecule has 1 aromatic carbocycles. The Morgan fingerprint density at radius 1 is 1.25 bits per heavy atom. The summed E-state index contributed by atoms with van der Waals surface area (Å²) in [5, 5.41) is 3.48. The van der Waals surface area contributed by atoms with Crippen LogP contribution in [0.3, 0.4) is 0 Å². The molecule has 0 spiro atoms. The molecule has 0 unspecified atom stereocenters. The summed E-state index contributed by atoms with van der Waals surface area (Å²) in [7, 11) is 0. The predicted octanol–water partition coefficient (Wildman–Crippen LogP) is 2.46. The Morgan fingerprint density at radius 2 is 1.88 bits per heavy atom. The fourth-order valence-electron chi connectivity index (χ4n) is 1.27. The van der Waals surface area contributed by atoms with E-state index in [0.717, 1.165) is 12.8 Å². The third-order valence-corrected chi connectivity index (χ3v) is 2.74. The highest BCUT2D eigenvalue weighted by Crippen LogP contribution is 2.23. The number of carbonyl (C=O) groups is 1. The van der Waals surface area contributed by atoms with Crippen molar-refractivity contribution in [1.82, 2.24) is 5.32 Å². The maximum atomic E-state index is 11.7. The molecular formula is C11H14Cl2N2O. The van der Waals surface area contributed by atoms with Gasteiger partial charge in [-0.1, -0.05) is 29.3 Å². The molecule has 1 aromatic rings. The van der Waals surface area contributed by atoms with Crippen molar-refractivity contribution < 1.29 is 4.79 Å². The van der Waals surface area contributed by atoms with Gasteiger partial charge in [0.05, 0.1) is 15.6 Å². The van der Waals surface area contributed by atoms with Crippen LogP contribution in [0, 0.1) is 0 Å². The first kappa shape index (κ1) is 13.3. The first-order valence-corrected chi connectivity index (χ1v) is 5.84. The molecule has 88 valence electrons. The maximum Gasteiger partial charge on any atom is 0.254 e. The molecule has 0 atom stereocenters. The standard InChI is InChI=1S/C11H14Cl2N2O/c12-8-4-3-5-9(13)10(8)11(16)15-7-2-1-6-14/h3-5H,1-2,6-7,14H2,(H,15,16). The highest BCUT2D eigenvalue weighted by atomic mass is 35.5. The van der Waals surface area contributed by atoms with Crippen molar-refractivity contribution >= 4 is 29.1 Å². The van der Waals surface area contributed by atoms with Crippen molar-refractivity contribution in [2.75, 3.05) is 13.1 Å². The van der Waals surface area contributed by atoms with Gasteiger partial charge in [-0.2, -0.15) is 0 Å². The largest absolute Gasteiger partial charge is 0.352 e. The summed E-state index contributed by atoms with van der Waals surface area (Å²) < 4.78 is 0. The van der Waals surface area contributed by atoms with Crippen LogP contribution in [0.1, 0.15) is 23.2 Å². The minimum Gasteiger partial charge on any atom is -0.352 e. The van der Waals surface area contributed by atoms with Crippen LogP contribution in [0.15, 0.2) is 18.2 Å². The van der Waals surface area contributed by atoms with Crippen LogP contribution in [-0.2, 0) is 0 Å².